The molecular weight excluding hydrogens is 226 g/mol. The van der Waals surface area contributed by atoms with Crippen LogP contribution < -0.4 is 5.73 Å². The van der Waals surface area contributed by atoms with Gasteiger partial charge in [0.2, 0.25) is 0 Å². The molecule has 18 heavy (non-hydrogen) atoms. The molecule has 2 aromatic rings. The van der Waals surface area contributed by atoms with Gasteiger partial charge in [-0.15, -0.1) is 0 Å². The summed E-state index contributed by atoms with van der Waals surface area (Å²) in [6.45, 7) is 3.39. The van der Waals surface area contributed by atoms with Gasteiger partial charge in [0.15, 0.2) is 0 Å². The number of nitrogens with zero attached hydrogens (tertiary/aromatic N) is 2. The quantitative estimate of drug-likeness (QED) is 0.794. The summed E-state index contributed by atoms with van der Waals surface area (Å²) >= 11 is 0. The molecule has 0 aliphatic rings. The molecular formula is C14H19N3O. The van der Waals surface area contributed by atoms with Gasteiger partial charge in [0.25, 0.3) is 0 Å². The summed E-state index contributed by atoms with van der Waals surface area (Å²) in [5.41, 5.74) is 8.22. The molecule has 0 saturated heterocycles. The zero-order valence-corrected chi connectivity index (χ0v) is 10.6. The van der Waals surface area contributed by atoms with E-state index in [0.717, 1.165) is 24.4 Å². The van der Waals surface area contributed by atoms with E-state index < -0.39 is 0 Å². The number of hydrogen-bond donors (Lipinski definition) is 1. The molecule has 2 rings (SSSR count). The Labute approximate surface area is 107 Å². The van der Waals surface area contributed by atoms with Crippen LogP contribution in [0.5, 0.6) is 0 Å². The minimum Gasteiger partial charge on any atom is -0.382 e. The fraction of sp³-hybridized carbons (Fsp3) is 0.357. The second-order valence-corrected chi connectivity index (χ2v) is 4.10. The lowest BCUT2D eigenvalue weighted by Crippen LogP contribution is -2.17. The van der Waals surface area contributed by atoms with Crippen LogP contribution in [0.15, 0.2) is 42.6 Å². The largest absolute Gasteiger partial charge is 0.382 e. The Kier molecular flexibility index (Phi) is 4.50. The van der Waals surface area contributed by atoms with Gasteiger partial charge in [-0.05, 0) is 31.5 Å². The van der Waals surface area contributed by atoms with E-state index in [-0.39, 0.29) is 6.04 Å². The number of nitrogens with two attached hydrogens (primary N) is 1. The second kappa shape index (κ2) is 6.33. The average molecular weight is 245 g/mol. The van der Waals surface area contributed by atoms with Crippen LogP contribution in [0.25, 0.3) is 5.69 Å². The van der Waals surface area contributed by atoms with Crippen LogP contribution in [0.2, 0.25) is 0 Å². The Bertz CT molecular complexity index is 467. The molecule has 1 unspecified atom stereocenters. The number of para-hydroxylation sites is 1. The van der Waals surface area contributed by atoms with Crippen LogP contribution in [-0.4, -0.2) is 23.0 Å². The van der Waals surface area contributed by atoms with Crippen LogP contribution >= 0.6 is 0 Å². The van der Waals surface area contributed by atoms with E-state index in [2.05, 4.69) is 5.10 Å². The van der Waals surface area contributed by atoms with Crippen molar-refractivity contribution in [3.05, 3.63) is 48.3 Å². The van der Waals surface area contributed by atoms with Gasteiger partial charge in [0, 0.05) is 25.5 Å². The maximum Gasteiger partial charge on any atom is 0.0649 e. The van der Waals surface area contributed by atoms with Crippen LogP contribution in [0, 0.1) is 0 Å². The first-order valence-corrected chi connectivity index (χ1v) is 6.25. The monoisotopic (exact) mass is 245 g/mol. The highest BCUT2D eigenvalue weighted by Crippen LogP contribution is 2.17. The molecule has 0 radical (unpaired) electrons. The Morgan fingerprint density at radius 2 is 2.06 bits per heavy atom. The normalized spacial score (nSPS) is 12.6. The maximum atomic E-state index is 6.18. The first-order valence-electron chi connectivity index (χ1n) is 6.25. The maximum absolute atomic E-state index is 6.18. The molecule has 4 heteroatoms. The predicted molar refractivity (Wildman–Crippen MR) is 71.6 cm³/mol. The summed E-state index contributed by atoms with van der Waals surface area (Å²) in [5, 5.41) is 4.33. The van der Waals surface area contributed by atoms with E-state index in [1.807, 2.05) is 48.0 Å². The number of rotatable bonds is 6. The Morgan fingerprint density at radius 3 is 2.78 bits per heavy atom. The Balaban J connectivity index is 2.12. The average Bonchev–Trinajstić information content (AvgIpc) is 2.89. The number of aromatic nitrogens is 2. The third-order valence-corrected chi connectivity index (χ3v) is 2.83. The SMILES string of the molecule is CCOCCC(N)c1ccnn1-c1ccccc1. The molecule has 0 aliphatic heterocycles. The van der Waals surface area contributed by atoms with Crippen molar-refractivity contribution in [1.82, 2.24) is 9.78 Å². The molecule has 0 amide bonds. The van der Waals surface area contributed by atoms with Gasteiger partial charge in [-0.2, -0.15) is 5.10 Å². The fourth-order valence-corrected chi connectivity index (χ4v) is 1.88. The van der Waals surface area contributed by atoms with Crippen molar-refractivity contribution in [2.24, 2.45) is 5.73 Å². The Morgan fingerprint density at radius 1 is 1.28 bits per heavy atom. The van der Waals surface area contributed by atoms with Gasteiger partial charge in [-0.3, -0.25) is 0 Å². The van der Waals surface area contributed by atoms with Crippen molar-refractivity contribution in [1.29, 1.82) is 0 Å². The highest BCUT2D eigenvalue weighted by molar-refractivity contribution is 5.33. The van der Waals surface area contributed by atoms with E-state index in [1.165, 1.54) is 0 Å². The highest BCUT2D eigenvalue weighted by atomic mass is 16.5. The van der Waals surface area contributed by atoms with E-state index in [0.29, 0.717) is 6.61 Å². The number of ether oxygens (including phenoxy) is 1. The Hall–Kier alpha value is -1.65. The van der Waals surface area contributed by atoms with Crippen molar-refractivity contribution in [3.63, 3.8) is 0 Å². The third-order valence-electron chi connectivity index (χ3n) is 2.83. The van der Waals surface area contributed by atoms with Crippen molar-refractivity contribution in [3.8, 4) is 5.69 Å². The van der Waals surface area contributed by atoms with Gasteiger partial charge in [-0.1, -0.05) is 18.2 Å². The first kappa shape index (κ1) is 12.8. The van der Waals surface area contributed by atoms with Gasteiger partial charge in [0.05, 0.1) is 11.4 Å². The van der Waals surface area contributed by atoms with Crippen molar-refractivity contribution < 1.29 is 4.74 Å². The van der Waals surface area contributed by atoms with Crippen molar-refractivity contribution in [2.45, 2.75) is 19.4 Å². The van der Waals surface area contributed by atoms with E-state index >= 15 is 0 Å². The topological polar surface area (TPSA) is 53.1 Å². The molecule has 1 aromatic heterocycles. The predicted octanol–water partition coefficient (Wildman–Crippen LogP) is 2.30. The summed E-state index contributed by atoms with van der Waals surface area (Å²) in [6, 6.07) is 11.9. The van der Waals surface area contributed by atoms with Crippen LogP contribution in [-0.2, 0) is 4.74 Å². The smallest absolute Gasteiger partial charge is 0.0649 e. The molecule has 1 heterocycles. The number of hydrogen-bond acceptors (Lipinski definition) is 3. The summed E-state index contributed by atoms with van der Waals surface area (Å²) < 4.78 is 7.22. The molecule has 0 fully saturated rings. The zero-order valence-electron chi connectivity index (χ0n) is 10.6. The zero-order chi connectivity index (χ0) is 12.8. The standard InChI is InChI=1S/C14H19N3O/c1-2-18-11-9-13(15)14-8-10-16-17(14)12-6-4-3-5-7-12/h3-8,10,13H,2,9,11,15H2,1H3. The minimum absolute atomic E-state index is 0.0562. The lowest BCUT2D eigenvalue weighted by molar-refractivity contribution is 0.139. The van der Waals surface area contributed by atoms with Gasteiger partial charge in [0.1, 0.15) is 0 Å². The molecule has 0 bridgehead atoms. The lowest BCUT2D eigenvalue weighted by atomic mass is 10.1. The minimum atomic E-state index is -0.0562. The van der Waals surface area contributed by atoms with Crippen LogP contribution in [0.1, 0.15) is 25.1 Å². The van der Waals surface area contributed by atoms with E-state index in [9.17, 15) is 0 Å². The molecule has 0 saturated carbocycles. The molecule has 96 valence electrons. The fourth-order valence-electron chi connectivity index (χ4n) is 1.88. The highest BCUT2D eigenvalue weighted by Gasteiger charge is 2.12. The summed E-state index contributed by atoms with van der Waals surface area (Å²) in [5.74, 6) is 0. The summed E-state index contributed by atoms with van der Waals surface area (Å²) in [4.78, 5) is 0. The summed E-state index contributed by atoms with van der Waals surface area (Å²) in [6.07, 6.45) is 2.58. The van der Waals surface area contributed by atoms with Gasteiger partial charge < -0.3 is 10.5 Å². The molecule has 2 N–H and O–H groups in total. The van der Waals surface area contributed by atoms with Gasteiger partial charge >= 0.3 is 0 Å². The third kappa shape index (κ3) is 2.97. The van der Waals surface area contributed by atoms with E-state index in [4.69, 9.17) is 10.5 Å². The van der Waals surface area contributed by atoms with E-state index in [1.54, 1.807) is 6.20 Å². The van der Waals surface area contributed by atoms with Crippen LogP contribution in [0.3, 0.4) is 0 Å². The molecule has 4 nitrogen and oxygen atoms in total. The van der Waals surface area contributed by atoms with Crippen molar-refractivity contribution in [2.75, 3.05) is 13.2 Å². The molecule has 1 atom stereocenters. The summed E-state index contributed by atoms with van der Waals surface area (Å²) in [7, 11) is 0. The lowest BCUT2D eigenvalue weighted by Gasteiger charge is -2.14. The molecule has 0 aliphatic carbocycles. The molecule has 1 aromatic carbocycles. The van der Waals surface area contributed by atoms with Crippen molar-refractivity contribution >= 4 is 0 Å². The second-order valence-electron chi connectivity index (χ2n) is 4.10. The number of benzene rings is 1. The first-order chi connectivity index (χ1) is 8.83. The molecule has 0 spiro atoms. The van der Waals surface area contributed by atoms with Crippen LogP contribution in [0.4, 0.5) is 0 Å². The van der Waals surface area contributed by atoms with Gasteiger partial charge in [-0.25, -0.2) is 4.68 Å².